The quantitative estimate of drug-likeness (QED) is 0.567. The summed E-state index contributed by atoms with van der Waals surface area (Å²) in [5.74, 6) is 0.221. The zero-order chi connectivity index (χ0) is 22.0. The normalized spacial score (nSPS) is 13.6. The Hall–Kier alpha value is -3.77. The van der Waals surface area contributed by atoms with Gasteiger partial charge in [-0.2, -0.15) is 0 Å². The number of ether oxygens (including phenoxy) is 2. The van der Waals surface area contributed by atoms with Crippen molar-refractivity contribution in [1.29, 1.82) is 0 Å². The number of hydrogen-bond donors (Lipinski definition) is 1. The maximum atomic E-state index is 13.4. The predicted octanol–water partition coefficient (Wildman–Crippen LogP) is 4.75. The van der Waals surface area contributed by atoms with Gasteiger partial charge in [-0.05, 0) is 29.8 Å². The molecule has 0 fully saturated rings. The van der Waals surface area contributed by atoms with E-state index in [0.717, 1.165) is 4.90 Å². The molecule has 0 bridgehead atoms. The first-order valence-corrected chi connectivity index (χ1v) is 9.83. The lowest BCUT2D eigenvalue weighted by atomic mass is 10.0. The van der Waals surface area contributed by atoms with Crippen LogP contribution in [0.1, 0.15) is 5.56 Å². The van der Waals surface area contributed by atoms with Crippen molar-refractivity contribution in [3.8, 4) is 11.5 Å². The summed E-state index contributed by atoms with van der Waals surface area (Å²) >= 11 is 6.02. The van der Waals surface area contributed by atoms with E-state index in [9.17, 15) is 9.59 Å². The number of carbonyl (C=O) groups excluding carboxylic acids is 2. The third kappa shape index (κ3) is 3.98. The number of hydrogen-bond acceptors (Lipinski definition) is 5. The lowest BCUT2D eigenvalue weighted by molar-refractivity contribution is -0.120. The highest BCUT2D eigenvalue weighted by atomic mass is 35.5. The van der Waals surface area contributed by atoms with E-state index in [-0.39, 0.29) is 11.3 Å². The zero-order valence-corrected chi connectivity index (χ0v) is 17.6. The van der Waals surface area contributed by atoms with Crippen molar-refractivity contribution in [3.63, 3.8) is 0 Å². The number of amides is 2. The van der Waals surface area contributed by atoms with Gasteiger partial charge in [0.05, 0.1) is 25.5 Å². The lowest BCUT2D eigenvalue weighted by Gasteiger charge is -2.15. The van der Waals surface area contributed by atoms with E-state index in [0.29, 0.717) is 33.5 Å². The largest absolute Gasteiger partial charge is 0.497 e. The molecule has 1 N–H and O–H groups in total. The minimum absolute atomic E-state index is 0.159. The molecule has 1 heterocycles. The summed E-state index contributed by atoms with van der Waals surface area (Å²) in [6, 6.07) is 20.7. The second kappa shape index (κ2) is 8.53. The van der Waals surface area contributed by atoms with E-state index in [2.05, 4.69) is 5.32 Å². The average Bonchev–Trinajstić information content (AvgIpc) is 3.04. The summed E-state index contributed by atoms with van der Waals surface area (Å²) in [6.45, 7) is 0. The molecule has 0 aliphatic carbocycles. The first-order chi connectivity index (χ1) is 15.0. The summed E-state index contributed by atoms with van der Waals surface area (Å²) in [5.41, 5.74) is 2.04. The van der Waals surface area contributed by atoms with Gasteiger partial charge < -0.3 is 14.8 Å². The van der Waals surface area contributed by atoms with E-state index in [1.165, 1.54) is 0 Å². The summed E-state index contributed by atoms with van der Waals surface area (Å²) < 4.78 is 10.6. The number of nitrogens with one attached hydrogen (secondary N) is 1. The van der Waals surface area contributed by atoms with E-state index < -0.39 is 11.8 Å². The molecule has 0 aromatic heterocycles. The monoisotopic (exact) mass is 434 g/mol. The molecule has 31 heavy (non-hydrogen) atoms. The molecule has 0 saturated carbocycles. The van der Waals surface area contributed by atoms with Crippen LogP contribution in [-0.2, 0) is 9.59 Å². The van der Waals surface area contributed by atoms with Gasteiger partial charge in [-0.1, -0.05) is 41.9 Å². The Kier molecular flexibility index (Phi) is 5.64. The van der Waals surface area contributed by atoms with Crippen molar-refractivity contribution in [2.24, 2.45) is 0 Å². The summed E-state index contributed by atoms with van der Waals surface area (Å²) in [7, 11) is 3.08. The van der Waals surface area contributed by atoms with E-state index in [1.54, 1.807) is 80.9 Å². The SMILES string of the molecule is COc1cc(NC2=C(c3ccc(Cl)cc3)C(=O)N(c3ccccc3)C2=O)cc(OC)c1. The van der Waals surface area contributed by atoms with Gasteiger partial charge >= 0.3 is 0 Å². The molecule has 2 amide bonds. The number of para-hydroxylation sites is 1. The van der Waals surface area contributed by atoms with Gasteiger partial charge in [0, 0.05) is 28.9 Å². The lowest BCUT2D eigenvalue weighted by Crippen LogP contribution is -2.32. The van der Waals surface area contributed by atoms with Gasteiger partial charge in [0.25, 0.3) is 11.8 Å². The highest BCUT2D eigenvalue weighted by molar-refractivity contribution is 6.46. The molecule has 0 saturated heterocycles. The Morgan fingerprint density at radius 3 is 2.00 bits per heavy atom. The zero-order valence-electron chi connectivity index (χ0n) is 16.9. The smallest absolute Gasteiger partial charge is 0.282 e. The molecule has 0 atom stereocenters. The fourth-order valence-electron chi connectivity index (χ4n) is 3.37. The van der Waals surface area contributed by atoms with Gasteiger partial charge in [-0.15, -0.1) is 0 Å². The van der Waals surface area contributed by atoms with Crippen molar-refractivity contribution in [2.75, 3.05) is 24.4 Å². The molecule has 3 aromatic rings. The first kappa shape index (κ1) is 20.5. The summed E-state index contributed by atoms with van der Waals surface area (Å²) in [5, 5.41) is 3.64. The van der Waals surface area contributed by atoms with Crippen LogP contribution >= 0.6 is 11.6 Å². The topological polar surface area (TPSA) is 67.9 Å². The highest BCUT2D eigenvalue weighted by Crippen LogP contribution is 2.35. The number of nitrogens with zero attached hydrogens (tertiary/aromatic N) is 1. The number of halogens is 1. The first-order valence-electron chi connectivity index (χ1n) is 9.46. The van der Waals surface area contributed by atoms with Gasteiger partial charge in [0.1, 0.15) is 17.2 Å². The van der Waals surface area contributed by atoms with Crippen LogP contribution in [0.2, 0.25) is 5.02 Å². The van der Waals surface area contributed by atoms with E-state index in [4.69, 9.17) is 21.1 Å². The maximum absolute atomic E-state index is 13.4. The molecular formula is C24H19ClN2O4. The third-order valence-corrected chi connectivity index (χ3v) is 5.10. The fraction of sp³-hybridized carbons (Fsp3) is 0.0833. The van der Waals surface area contributed by atoms with Crippen LogP contribution in [0.3, 0.4) is 0 Å². The molecule has 7 heteroatoms. The van der Waals surface area contributed by atoms with Crippen LogP contribution in [-0.4, -0.2) is 26.0 Å². The molecule has 0 spiro atoms. The van der Waals surface area contributed by atoms with Crippen molar-refractivity contribution in [3.05, 3.63) is 89.1 Å². The molecule has 6 nitrogen and oxygen atoms in total. The van der Waals surface area contributed by atoms with Crippen LogP contribution in [0, 0.1) is 0 Å². The highest BCUT2D eigenvalue weighted by Gasteiger charge is 2.40. The van der Waals surface area contributed by atoms with Crippen LogP contribution in [0.25, 0.3) is 5.57 Å². The number of rotatable bonds is 6. The van der Waals surface area contributed by atoms with Gasteiger partial charge in [-0.25, -0.2) is 4.90 Å². The number of benzene rings is 3. The number of anilines is 2. The molecule has 0 radical (unpaired) electrons. The Balaban J connectivity index is 1.83. The van der Waals surface area contributed by atoms with E-state index in [1.807, 2.05) is 6.07 Å². The fourth-order valence-corrected chi connectivity index (χ4v) is 3.49. The Bertz CT molecular complexity index is 1150. The van der Waals surface area contributed by atoms with Crippen LogP contribution in [0.4, 0.5) is 11.4 Å². The van der Waals surface area contributed by atoms with Crippen molar-refractivity contribution in [2.45, 2.75) is 0 Å². The van der Waals surface area contributed by atoms with Gasteiger partial charge in [0.2, 0.25) is 0 Å². The van der Waals surface area contributed by atoms with Gasteiger partial charge in [-0.3, -0.25) is 9.59 Å². The molecule has 1 aliphatic rings. The predicted molar refractivity (Wildman–Crippen MR) is 120 cm³/mol. The molecular weight excluding hydrogens is 416 g/mol. The molecule has 0 unspecified atom stereocenters. The van der Waals surface area contributed by atoms with Crippen LogP contribution in [0.15, 0.2) is 78.5 Å². The van der Waals surface area contributed by atoms with E-state index >= 15 is 0 Å². The Labute approximate surface area is 184 Å². The average molecular weight is 435 g/mol. The Morgan fingerprint density at radius 1 is 0.806 bits per heavy atom. The van der Waals surface area contributed by atoms with Gasteiger partial charge in [0.15, 0.2) is 0 Å². The second-order valence-electron chi connectivity index (χ2n) is 6.76. The maximum Gasteiger partial charge on any atom is 0.282 e. The minimum atomic E-state index is -0.456. The molecule has 1 aliphatic heterocycles. The third-order valence-electron chi connectivity index (χ3n) is 4.85. The summed E-state index contributed by atoms with van der Waals surface area (Å²) in [6.07, 6.45) is 0. The second-order valence-corrected chi connectivity index (χ2v) is 7.20. The van der Waals surface area contributed by atoms with Crippen LogP contribution in [0.5, 0.6) is 11.5 Å². The van der Waals surface area contributed by atoms with Crippen molar-refractivity contribution in [1.82, 2.24) is 0 Å². The summed E-state index contributed by atoms with van der Waals surface area (Å²) in [4.78, 5) is 27.9. The Morgan fingerprint density at radius 2 is 1.42 bits per heavy atom. The number of imide groups is 1. The molecule has 4 rings (SSSR count). The van der Waals surface area contributed by atoms with Crippen molar-refractivity contribution < 1.29 is 19.1 Å². The molecule has 3 aromatic carbocycles. The van der Waals surface area contributed by atoms with Crippen molar-refractivity contribution >= 4 is 40.4 Å². The number of methoxy groups -OCH3 is 2. The number of carbonyl (C=O) groups is 2. The van der Waals surface area contributed by atoms with Crippen LogP contribution < -0.4 is 19.7 Å². The standard InChI is InChI=1S/C24H19ClN2O4/c1-30-19-12-17(13-20(14-19)31-2)26-22-21(15-8-10-16(25)11-9-15)23(28)27(24(22)29)18-6-4-3-5-7-18/h3-14,26H,1-2H3. The molecule has 156 valence electrons. The minimum Gasteiger partial charge on any atom is -0.497 e.